The second-order valence-electron chi connectivity index (χ2n) is 2.29. The molecule has 4 heteroatoms. The number of hydrogen-bond acceptors (Lipinski definition) is 2. The number of alkyl halides is 1. The molecule has 0 saturated heterocycles. The van der Waals surface area contributed by atoms with Gasteiger partial charge in [-0.3, -0.25) is 0 Å². The highest BCUT2D eigenvalue weighted by Crippen LogP contribution is 2.21. The van der Waals surface area contributed by atoms with Crippen molar-refractivity contribution in [1.82, 2.24) is 4.98 Å². The van der Waals surface area contributed by atoms with E-state index in [2.05, 4.69) is 11.9 Å². The lowest BCUT2D eigenvalue weighted by Gasteiger charge is -1.94. The van der Waals surface area contributed by atoms with Gasteiger partial charge in [-0.2, -0.15) is 0 Å². The maximum absolute atomic E-state index is 5.72. The number of aromatic nitrogens is 1. The molecule has 0 saturated carbocycles. The van der Waals surface area contributed by atoms with Gasteiger partial charge in [0.05, 0.1) is 6.20 Å². The van der Waals surface area contributed by atoms with Crippen LogP contribution in [0.4, 0.5) is 0 Å². The molecular weight excluding hydrogens is 213 g/mol. The van der Waals surface area contributed by atoms with E-state index in [1.165, 1.54) is 16.9 Å². The molecule has 0 atom stereocenters. The molecule has 0 unspecified atom stereocenters. The monoisotopic (exact) mass is 221 g/mol. The second-order valence-corrected chi connectivity index (χ2v) is 4.25. The molecule has 1 heterocycles. The molecule has 0 aliphatic carbocycles. The number of nitrogens with zero attached hydrogens (tertiary/aromatic N) is 1. The largest absolute Gasteiger partial charge is 0.244 e. The first-order valence-electron chi connectivity index (χ1n) is 3.63. The fourth-order valence-corrected chi connectivity index (χ4v) is 1.93. The molecule has 1 aromatic heterocycles. The normalized spacial score (nSPS) is 12.1. The third-order valence-corrected chi connectivity index (χ3v) is 2.85. The molecule has 1 rings (SSSR count). The second kappa shape index (κ2) is 4.85. The summed E-state index contributed by atoms with van der Waals surface area (Å²) in [5.41, 5.74) is 1.18. The zero-order valence-corrected chi connectivity index (χ0v) is 9.01. The average molecular weight is 222 g/mol. The van der Waals surface area contributed by atoms with Crippen molar-refractivity contribution in [3.05, 3.63) is 21.1 Å². The fourth-order valence-electron chi connectivity index (χ4n) is 0.743. The van der Waals surface area contributed by atoms with Crippen LogP contribution in [-0.2, 0) is 0 Å². The van der Waals surface area contributed by atoms with Crippen LogP contribution in [0.5, 0.6) is 0 Å². The van der Waals surface area contributed by atoms with Crippen molar-refractivity contribution in [2.24, 2.45) is 0 Å². The van der Waals surface area contributed by atoms with Crippen LogP contribution >= 0.6 is 34.5 Å². The van der Waals surface area contributed by atoms with Gasteiger partial charge in [-0.1, -0.05) is 24.1 Å². The summed E-state index contributed by atoms with van der Waals surface area (Å²) in [7, 11) is 0. The van der Waals surface area contributed by atoms with Crippen molar-refractivity contribution in [2.45, 2.75) is 13.3 Å². The SMILES string of the molecule is CC/C(=C/c1ncc(Cl)s1)CCl. The van der Waals surface area contributed by atoms with E-state index in [9.17, 15) is 0 Å². The number of hydrogen-bond donors (Lipinski definition) is 0. The van der Waals surface area contributed by atoms with Crippen LogP contribution in [0.3, 0.4) is 0 Å². The minimum Gasteiger partial charge on any atom is -0.244 e. The molecule has 1 aromatic rings. The molecule has 0 N–H and O–H groups in total. The lowest BCUT2D eigenvalue weighted by Crippen LogP contribution is -1.81. The standard InChI is InChI=1S/C8H9Cl2NS/c1-2-6(4-9)3-8-11-5-7(10)12-8/h3,5H,2,4H2,1H3/b6-3-. The van der Waals surface area contributed by atoms with Crippen LogP contribution in [0.1, 0.15) is 18.4 Å². The van der Waals surface area contributed by atoms with Gasteiger partial charge >= 0.3 is 0 Å². The highest BCUT2D eigenvalue weighted by atomic mass is 35.5. The Bertz CT molecular complexity index is 274. The highest BCUT2D eigenvalue weighted by Gasteiger charge is 1.97. The van der Waals surface area contributed by atoms with Gasteiger partial charge in [0.15, 0.2) is 0 Å². The summed E-state index contributed by atoms with van der Waals surface area (Å²) in [5, 5.41) is 0.928. The molecule has 0 fully saturated rings. The Morgan fingerprint density at radius 1 is 1.75 bits per heavy atom. The van der Waals surface area contributed by atoms with E-state index in [1.54, 1.807) is 6.20 Å². The van der Waals surface area contributed by atoms with Gasteiger partial charge < -0.3 is 0 Å². The van der Waals surface area contributed by atoms with E-state index in [1.807, 2.05) is 6.08 Å². The average Bonchev–Trinajstić information content (AvgIpc) is 2.47. The number of thiazole rings is 1. The third-order valence-electron chi connectivity index (χ3n) is 1.45. The van der Waals surface area contributed by atoms with Gasteiger partial charge in [-0.25, -0.2) is 4.98 Å². The molecule has 0 aliphatic rings. The minimum absolute atomic E-state index is 0.563. The van der Waals surface area contributed by atoms with Crippen LogP contribution in [-0.4, -0.2) is 10.9 Å². The number of halogens is 2. The molecule has 0 bridgehead atoms. The molecule has 12 heavy (non-hydrogen) atoms. The Labute approximate surface area is 86.0 Å². The van der Waals surface area contributed by atoms with Crippen molar-refractivity contribution in [3.63, 3.8) is 0 Å². The maximum Gasteiger partial charge on any atom is 0.117 e. The number of rotatable bonds is 3. The third kappa shape index (κ3) is 2.77. The number of allylic oxidation sites excluding steroid dienone is 1. The Kier molecular flexibility index (Phi) is 4.06. The Hall–Kier alpha value is -0.0500. The smallest absolute Gasteiger partial charge is 0.117 e. The zero-order chi connectivity index (χ0) is 8.97. The predicted octanol–water partition coefficient (Wildman–Crippen LogP) is 3.83. The van der Waals surface area contributed by atoms with Crippen molar-refractivity contribution >= 4 is 40.6 Å². The predicted molar refractivity (Wildman–Crippen MR) is 56.1 cm³/mol. The zero-order valence-electron chi connectivity index (χ0n) is 6.68. The van der Waals surface area contributed by atoms with Gasteiger partial charge in [-0.05, 0) is 12.5 Å². The van der Waals surface area contributed by atoms with Crippen molar-refractivity contribution in [1.29, 1.82) is 0 Å². The van der Waals surface area contributed by atoms with Crippen molar-refractivity contribution in [2.75, 3.05) is 5.88 Å². The summed E-state index contributed by atoms with van der Waals surface area (Å²) in [5.74, 6) is 0.563. The lowest BCUT2D eigenvalue weighted by atomic mass is 10.2. The van der Waals surface area contributed by atoms with Crippen LogP contribution < -0.4 is 0 Å². The fraction of sp³-hybridized carbons (Fsp3) is 0.375. The van der Waals surface area contributed by atoms with E-state index in [4.69, 9.17) is 23.2 Å². The van der Waals surface area contributed by atoms with Gasteiger partial charge in [0.2, 0.25) is 0 Å². The molecule has 0 spiro atoms. The van der Waals surface area contributed by atoms with Gasteiger partial charge in [-0.15, -0.1) is 22.9 Å². The van der Waals surface area contributed by atoms with E-state index >= 15 is 0 Å². The molecule has 0 aliphatic heterocycles. The highest BCUT2D eigenvalue weighted by molar-refractivity contribution is 7.16. The van der Waals surface area contributed by atoms with E-state index in [-0.39, 0.29) is 0 Å². The Morgan fingerprint density at radius 3 is 2.92 bits per heavy atom. The molecule has 0 amide bonds. The Balaban J connectivity index is 2.78. The summed E-state index contributed by atoms with van der Waals surface area (Å²) in [6.45, 7) is 2.07. The topological polar surface area (TPSA) is 12.9 Å². The summed E-state index contributed by atoms with van der Waals surface area (Å²) in [6.07, 6.45) is 4.60. The first-order valence-corrected chi connectivity index (χ1v) is 5.36. The minimum atomic E-state index is 0.563. The summed E-state index contributed by atoms with van der Waals surface area (Å²) < 4.78 is 0.714. The van der Waals surface area contributed by atoms with Crippen LogP contribution in [0.15, 0.2) is 11.8 Å². The van der Waals surface area contributed by atoms with E-state index in [0.29, 0.717) is 10.2 Å². The molecule has 0 aromatic carbocycles. The van der Waals surface area contributed by atoms with Gasteiger partial charge in [0.1, 0.15) is 9.34 Å². The molecule has 66 valence electrons. The van der Waals surface area contributed by atoms with Gasteiger partial charge in [0.25, 0.3) is 0 Å². The molecular formula is C8H9Cl2NS. The quantitative estimate of drug-likeness (QED) is 0.708. The lowest BCUT2D eigenvalue weighted by molar-refractivity contribution is 1.12. The Morgan fingerprint density at radius 2 is 2.50 bits per heavy atom. The first-order chi connectivity index (χ1) is 5.76. The molecule has 0 radical (unpaired) electrons. The maximum atomic E-state index is 5.72. The van der Waals surface area contributed by atoms with Crippen LogP contribution in [0, 0.1) is 0 Å². The van der Waals surface area contributed by atoms with E-state index < -0.39 is 0 Å². The molecule has 1 nitrogen and oxygen atoms in total. The summed E-state index contributed by atoms with van der Waals surface area (Å²) >= 11 is 12.9. The van der Waals surface area contributed by atoms with Crippen LogP contribution in [0.25, 0.3) is 6.08 Å². The van der Waals surface area contributed by atoms with E-state index in [0.717, 1.165) is 11.4 Å². The van der Waals surface area contributed by atoms with Gasteiger partial charge in [0, 0.05) is 5.88 Å². The van der Waals surface area contributed by atoms with Crippen LogP contribution in [0.2, 0.25) is 4.34 Å². The summed E-state index contributed by atoms with van der Waals surface area (Å²) in [6, 6.07) is 0. The van der Waals surface area contributed by atoms with Crippen molar-refractivity contribution < 1.29 is 0 Å². The first kappa shape index (κ1) is 10.0. The summed E-state index contributed by atoms with van der Waals surface area (Å²) in [4.78, 5) is 4.10. The van der Waals surface area contributed by atoms with Crippen molar-refractivity contribution in [3.8, 4) is 0 Å².